The predicted octanol–water partition coefficient (Wildman–Crippen LogP) is 6.73. The van der Waals surface area contributed by atoms with Gasteiger partial charge in [-0.05, 0) is 41.5 Å². The number of ether oxygens (including phenoxy) is 1. The summed E-state index contributed by atoms with van der Waals surface area (Å²) in [5.41, 5.74) is -0.778. The summed E-state index contributed by atoms with van der Waals surface area (Å²) in [7, 11) is 0. The van der Waals surface area contributed by atoms with E-state index in [1.165, 1.54) is 18.2 Å². The lowest BCUT2D eigenvalue weighted by Gasteiger charge is -2.14. The lowest BCUT2D eigenvalue weighted by atomic mass is 10.0. The molecule has 0 fully saturated rings. The molecule has 11 heteroatoms. The molecule has 1 N–H and O–H groups in total. The monoisotopic (exact) mass is 512 g/mol. The van der Waals surface area contributed by atoms with Crippen molar-refractivity contribution < 1.29 is 31.5 Å². The van der Waals surface area contributed by atoms with Crippen molar-refractivity contribution >= 4 is 28.0 Å². The van der Waals surface area contributed by atoms with E-state index in [9.17, 15) is 26.7 Å². The number of carbonyl (C=O) groups is 1. The molecule has 188 valence electrons. The van der Waals surface area contributed by atoms with Crippen molar-refractivity contribution in [1.82, 2.24) is 14.6 Å². The summed E-state index contributed by atoms with van der Waals surface area (Å²) in [6, 6.07) is 17.3. The second-order valence-electron chi connectivity index (χ2n) is 8.18. The van der Waals surface area contributed by atoms with Crippen LogP contribution in [-0.4, -0.2) is 27.1 Å². The third kappa shape index (κ3) is 4.67. The van der Waals surface area contributed by atoms with Gasteiger partial charge in [-0.15, -0.1) is 0 Å². The zero-order valence-corrected chi connectivity index (χ0v) is 19.1. The first kappa shape index (κ1) is 24.2. The summed E-state index contributed by atoms with van der Waals surface area (Å²) in [4.78, 5) is 17.5. The van der Waals surface area contributed by atoms with Gasteiger partial charge in [-0.25, -0.2) is 9.50 Å². The van der Waals surface area contributed by atoms with E-state index in [2.05, 4.69) is 20.1 Å². The van der Waals surface area contributed by atoms with E-state index in [1.54, 1.807) is 37.3 Å². The first-order valence-electron chi connectivity index (χ1n) is 10.9. The smallest absolute Gasteiger partial charge is 0.433 e. The number of nitrogens with one attached hydrogen (secondary N) is 1. The summed E-state index contributed by atoms with van der Waals surface area (Å²) in [6.07, 6.45) is -3.86. The van der Waals surface area contributed by atoms with Crippen molar-refractivity contribution in [2.75, 3.05) is 5.32 Å². The van der Waals surface area contributed by atoms with Crippen LogP contribution in [0.4, 0.5) is 27.6 Å². The molecular formula is C26H17F5N4O2. The number of amides is 1. The van der Waals surface area contributed by atoms with Crippen molar-refractivity contribution in [2.45, 2.75) is 19.7 Å². The minimum Gasteiger partial charge on any atom is -0.433 e. The number of carbonyl (C=O) groups excluding carboxylic acids is 1. The molecule has 0 unspecified atom stereocenters. The molecule has 0 spiro atoms. The highest BCUT2D eigenvalue weighted by molar-refractivity contribution is 6.09. The Morgan fingerprint density at radius 3 is 2.54 bits per heavy atom. The molecule has 0 radical (unpaired) electrons. The van der Waals surface area contributed by atoms with Gasteiger partial charge in [-0.3, -0.25) is 4.79 Å². The third-order valence-electron chi connectivity index (χ3n) is 5.67. The molecule has 2 heterocycles. The second kappa shape index (κ2) is 9.16. The van der Waals surface area contributed by atoms with Gasteiger partial charge in [-0.1, -0.05) is 48.5 Å². The van der Waals surface area contributed by atoms with Crippen molar-refractivity contribution in [2.24, 2.45) is 0 Å². The normalized spacial score (nSPS) is 11.9. The maximum atomic E-state index is 14.0. The number of hydrogen-bond acceptors (Lipinski definition) is 4. The molecule has 6 nitrogen and oxygen atoms in total. The summed E-state index contributed by atoms with van der Waals surface area (Å²) in [5, 5.41) is 7.66. The van der Waals surface area contributed by atoms with Gasteiger partial charge in [0.2, 0.25) is 0 Å². The topological polar surface area (TPSA) is 68.5 Å². The maximum absolute atomic E-state index is 14.0. The van der Waals surface area contributed by atoms with Gasteiger partial charge in [0, 0.05) is 5.56 Å². The van der Waals surface area contributed by atoms with Gasteiger partial charge in [0.05, 0.1) is 17.6 Å². The largest absolute Gasteiger partial charge is 0.433 e. The standard InChI is InChI=1S/C26H17F5N4O2/c1-14-9-10-21(37-25(27)28)20(11-14)34-24(36)18-13-32-35-22(26(29,30)31)12-19(33-23(18)35)17-8-4-6-15-5-2-3-7-16(15)17/h2-13,25H,1H3,(H,34,36). The lowest BCUT2D eigenvalue weighted by molar-refractivity contribution is -0.142. The fraction of sp³-hybridized carbons (Fsp3) is 0.115. The summed E-state index contributed by atoms with van der Waals surface area (Å²) < 4.78 is 72.7. The zero-order chi connectivity index (χ0) is 26.3. The highest BCUT2D eigenvalue weighted by Crippen LogP contribution is 2.35. The van der Waals surface area contributed by atoms with Gasteiger partial charge in [0.25, 0.3) is 5.91 Å². The molecule has 37 heavy (non-hydrogen) atoms. The molecule has 0 atom stereocenters. The third-order valence-corrected chi connectivity index (χ3v) is 5.67. The molecule has 0 saturated heterocycles. The number of rotatable bonds is 5. The average Bonchev–Trinajstić information content (AvgIpc) is 3.28. The molecular weight excluding hydrogens is 495 g/mol. The molecule has 5 aromatic rings. The summed E-state index contributed by atoms with van der Waals surface area (Å²) >= 11 is 0. The molecule has 2 aromatic heterocycles. The van der Waals surface area contributed by atoms with E-state index in [0.717, 1.165) is 17.6 Å². The molecule has 3 aromatic carbocycles. The molecule has 0 aliphatic rings. The SMILES string of the molecule is Cc1ccc(OC(F)F)c(NC(=O)c2cnn3c(C(F)(F)F)cc(-c4cccc5ccccc45)nc23)c1. The van der Waals surface area contributed by atoms with Gasteiger partial charge >= 0.3 is 12.8 Å². The summed E-state index contributed by atoms with van der Waals surface area (Å²) in [5.74, 6) is -1.19. The molecule has 5 rings (SSSR count). The lowest BCUT2D eigenvalue weighted by Crippen LogP contribution is -2.16. The molecule has 1 amide bonds. The first-order chi connectivity index (χ1) is 17.6. The number of fused-ring (bicyclic) bond motifs is 2. The van der Waals surface area contributed by atoms with Crippen LogP contribution < -0.4 is 10.1 Å². The highest BCUT2D eigenvalue weighted by Gasteiger charge is 2.36. The van der Waals surface area contributed by atoms with E-state index < -0.39 is 24.4 Å². The van der Waals surface area contributed by atoms with Crippen molar-refractivity contribution in [3.63, 3.8) is 0 Å². The number of hydrogen-bond donors (Lipinski definition) is 1. The van der Waals surface area contributed by atoms with Gasteiger partial charge in [0.15, 0.2) is 11.3 Å². The Morgan fingerprint density at radius 2 is 1.78 bits per heavy atom. The molecule has 0 aliphatic carbocycles. The van der Waals surface area contributed by atoms with Crippen LogP contribution in [0.5, 0.6) is 5.75 Å². The molecule has 0 aliphatic heterocycles. The van der Waals surface area contributed by atoms with Crippen LogP contribution in [0.2, 0.25) is 0 Å². The van der Waals surface area contributed by atoms with E-state index in [1.807, 2.05) is 12.1 Å². The van der Waals surface area contributed by atoms with E-state index >= 15 is 0 Å². The van der Waals surface area contributed by atoms with Gasteiger partial charge in [0.1, 0.15) is 11.3 Å². The number of halogens is 5. The Hall–Kier alpha value is -4.54. The number of aryl methyl sites for hydroxylation is 1. The fourth-order valence-corrected chi connectivity index (χ4v) is 4.04. The Morgan fingerprint density at radius 1 is 1.03 bits per heavy atom. The Kier molecular flexibility index (Phi) is 5.98. The minimum atomic E-state index is -4.81. The number of anilines is 1. The van der Waals surface area contributed by atoms with E-state index in [4.69, 9.17) is 0 Å². The summed E-state index contributed by atoms with van der Waals surface area (Å²) in [6.45, 7) is -1.47. The van der Waals surface area contributed by atoms with Crippen LogP contribution in [0, 0.1) is 6.92 Å². The quantitative estimate of drug-likeness (QED) is 0.265. The first-order valence-corrected chi connectivity index (χ1v) is 10.9. The van der Waals surface area contributed by atoms with Crippen LogP contribution in [0.15, 0.2) is 72.9 Å². The van der Waals surface area contributed by atoms with Crippen molar-refractivity contribution in [3.05, 3.63) is 89.7 Å². The predicted molar refractivity (Wildman–Crippen MR) is 127 cm³/mol. The van der Waals surface area contributed by atoms with Crippen LogP contribution in [0.3, 0.4) is 0 Å². The van der Waals surface area contributed by atoms with Crippen molar-refractivity contribution in [3.8, 4) is 17.0 Å². The fourth-order valence-electron chi connectivity index (χ4n) is 4.04. The number of aromatic nitrogens is 3. The van der Waals surface area contributed by atoms with E-state index in [0.29, 0.717) is 21.0 Å². The number of nitrogens with zero attached hydrogens (tertiary/aromatic N) is 3. The number of benzene rings is 3. The highest BCUT2D eigenvalue weighted by atomic mass is 19.4. The molecule has 0 bridgehead atoms. The Bertz CT molecular complexity index is 1640. The minimum absolute atomic E-state index is 0.0107. The second-order valence-corrected chi connectivity index (χ2v) is 8.18. The Balaban J connectivity index is 1.65. The van der Waals surface area contributed by atoms with Crippen LogP contribution in [-0.2, 0) is 6.18 Å². The van der Waals surface area contributed by atoms with E-state index in [-0.39, 0.29) is 28.3 Å². The zero-order valence-electron chi connectivity index (χ0n) is 19.1. The van der Waals surface area contributed by atoms with Crippen LogP contribution in [0.25, 0.3) is 27.7 Å². The van der Waals surface area contributed by atoms with Gasteiger partial charge < -0.3 is 10.1 Å². The Labute approximate surface area is 206 Å². The number of alkyl halides is 5. The van der Waals surface area contributed by atoms with Crippen LogP contribution >= 0.6 is 0 Å². The van der Waals surface area contributed by atoms with Crippen molar-refractivity contribution in [1.29, 1.82) is 0 Å². The maximum Gasteiger partial charge on any atom is 0.433 e. The van der Waals surface area contributed by atoms with Crippen LogP contribution in [0.1, 0.15) is 21.6 Å². The molecule has 0 saturated carbocycles. The average molecular weight is 512 g/mol. The van der Waals surface area contributed by atoms with Gasteiger partial charge in [-0.2, -0.15) is 27.1 Å².